The first-order chi connectivity index (χ1) is 9.11. The SMILES string of the molecule is Cc1cc(SC2CCOCC2)c(/C(N)=N/O)c(C)n1. The second kappa shape index (κ2) is 6.25. The number of rotatable bonds is 3. The summed E-state index contributed by atoms with van der Waals surface area (Å²) < 4.78 is 5.37. The van der Waals surface area contributed by atoms with Gasteiger partial charge in [0.05, 0.1) is 5.56 Å². The number of hydrogen-bond donors (Lipinski definition) is 2. The molecule has 3 N–H and O–H groups in total. The predicted molar refractivity (Wildman–Crippen MR) is 75.9 cm³/mol. The van der Waals surface area contributed by atoms with Crippen LogP contribution in [0.4, 0.5) is 0 Å². The number of ether oxygens (including phenoxy) is 1. The largest absolute Gasteiger partial charge is 0.409 e. The Balaban J connectivity index is 2.31. The molecule has 0 unspecified atom stereocenters. The van der Waals surface area contributed by atoms with Gasteiger partial charge >= 0.3 is 0 Å². The topological polar surface area (TPSA) is 80.7 Å². The van der Waals surface area contributed by atoms with Crippen LogP contribution in [0.2, 0.25) is 0 Å². The van der Waals surface area contributed by atoms with Crippen molar-refractivity contribution in [3.05, 3.63) is 23.0 Å². The van der Waals surface area contributed by atoms with E-state index in [0.29, 0.717) is 5.25 Å². The van der Waals surface area contributed by atoms with E-state index in [9.17, 15) is 0 Å². The smallest absolute Gasteiger partial charge is 0.173 e. The van der Waals surface area contributed by atoms with Crippen molar-refractivity contribution in [2.45, 2.75) is 36.8 Å². The number of nitrogens with zero attached hydrogens (tertiary/aromatic N) is 2. The summed E-state index contributed by atoms with van der Waals surface area (Å²) in [5.41, 5.74) is 8.26. The van der Waals surface area contributed by atoms with E-state index in [4.69, 9.17) is 15.7 Å². The van der Waals surface area contributed by atoms with E-state index in [-0.39, 0.29) is 5.84 Å². The molecule has 6 heteroatoms. The molecule has 5 nitrogen and oxygen atoms in total. The van der Waals surface area contributed by atoms with Gasteiger partial charge in [-0.2, -0.15) is 0 Å². The molecular weight excluding hydrogens is 262 g/mol. The molecule has 0 bridgehead atoms. The fourth-order valence-electron chi connectivity index (χ4n) is 2.22. The van der Waals surface area contributed by atoms with Gasteiger partial charge in [-0.05, 0) is 32.8 Å². The molecule has 0 radical (unpaired) electrons. The molecule has 0 saturated carbocycles. The molecule has 1 fully saturated rings. The fraction of sp³-hybridized carbons (Fsp3) is 0.538. The summed E-state index contributed by atoms with van der Waals surface area (Å²) in [7, 11) is 0. The van der Waals surface area contributed by atoms with Gasteiger partial charge in [-0.15, -0.1) is 11.8 Å². The molecule has 0 aromatic carbocycles. The van der Waals surface area contributed by atoms with Crippen LogP contribution in [0.25, 0.3) is 0 Å². The zero-order chi connectivity index (χ0) is 13.8. The molecule has 1 aliphatic heterocycles. The third-order valence-corrected chi connectivity index (χ3v) is 4.50. The van der Waals surface area contributed by atoms with Gasteiger partial charge in [0.25, 0.3) is 0 Å². The monoisotopic (exact) mass is 281 g/mol. The Morgan fingerprint density at radius 1 is 1.47 bits per heavy atom. The fourth-order valence-corrected chi connectivity index (χ4v) is 3.62. The minimum atomic E-state index is 0.125. The predicted octanol–water partition coefficient (Wildman–Crippen LogP) is 2.06. The van der Waals surface area contributed by atoms with Crippen LogP contribution < -0.4 is 5.73 Å². The van der Waals surface area contributed by atoms with Crippen LogP contribution in [-0.4, -0.2) is 34.5 Å². The van der Waals surface area contributed by atoms with Crippen molar-refractivity contribution in [3.8, 4) is 0 Å². The van der Waals surface area contributed by atoms with Crippen molar-refractivity contribution in [2.24, 2.45) is 10.9 Å². The minimum absolute atomic E-state index is 0.125. The first-order valence-electron chi connectivity index (χ1n) is 6.32. The average molecular weight is 281 g/mol. The number of aromatic nitrogens is 1. The average Bonchev–Trinajstić information content (AvgIpc) is 2.38. The third-order valence-electron chi connectivity index (χ3n) is 3.12. The highest BCUT2D eigenvalue weighted by atomic mass is 32.2. The van der Waals surface area contributed by atoms with Crippen molar-refractivity contribution in [1.29, 1.82) is 0 Å². The molecule has 0 aliphatic carbocycles. The zero-order valence-corrected chi connectivity index (χ0v) is 12.0. The molecule has 2 heterocycles. The highest BCUT2D eigenvalue weighted by Crippen LogP contribution is 2.33. The summed E-state index contributed by atoms with van der Waals surface area (Å²) in [4.78, 5) is 5.42. The molecule has 0 spiro atoms. The van der Waals surface area contributed by atoms with Crippen LogP contribution in [0, 0.1) is 13.8 Å². The summed E-state index contributed by atoms with van der Waals surface area (Å²) in [6.45, 7) is 5.45. The molecule has 1 aliphatic rings. The maximum atomic E-state index is 8.92. The third kappa shape index (κ3) is 3.39. The molecule has 0 atom stereocenters. The summed E-state index contributed by atoms with van der Waals surface area (Å²) in [5.74, 6) is 0.125. The van der Waals surface area contributed by atoms with Crippen LogP contribution in [0.1, 0.15) is 29.8 Å². The Bertz CT molecular complexity index is 485. The van der Waals surface area contributed by atoms with Gasteiger partial charge in [0.1, 0.15) is 0 Å². The van der Waals surface area contributed by atoms with Gasteiger partial charge in [0.15, 0.2) is 5.84 Å². The minimum Gasteiger partial charge on any atom is -0.409 e. The van der Waals surface area contributed by atoms with Gasteiger partial charge < -0.3 is 15.7 Å². The Kier molecular flexibility index (Phi) is 4.66. The van der Waals surface area contributed by atoms with Gasteiger partial charge in [-0.1, -0.05) is 5.16 Å². The van der Waals surface area contributed by atoms with Gasteiger partial charge in [0.2, 0.25) is 0 Å². The molecule has 1 aromatic heterocycles. The zero-order valence-electron chi connectivity index (χ0n) is 11.2. The lowest BCUT2D eigenvalue weighted by atomic mass is 10.1. The van der Waals surface area contributed by atoms with E-state index < -0.39 is 0 Å². The van der Waals surface area contributed by atoms with Crippen molar-refractivity contribution in [2.75, 3.05) is 13.2 Å². The molecule has 2 rings (SSSR count). The van der Waals surface area contributed by atoms with E-state index in [1.807, 2.05) is 19.9 Å². The van der Waals surface area contributed by atoms with Crippen LogP contribution in [0.5, 0.6) is 0 Å². The number of hydrogen-bond acceptors (Lipinski definition) is 5. The molecule has 0 amide bonds. The standard InChI is InChI=1S/C13H19N3O2S/c1-8-7-11(19-10-3-5-18-6-4-10)12(9(2)15-8)13(14)16-17/h7,10,17H,3-6H2,1-2H3,(H2,14,16). The number of oxime groups is 1. The highest BCUT2D eigenvalue weighted by Gasteiger charge is 2.20. The van der Waals surface area contributed by atoms with Crippen LogP contribution in [0.15, 0.2) is 16.1 Å². The van der Waals surface area contributed by atoms with E-state index in [0.717, 1.165) is 47.9 Å². The molecule has 19 heavy (non-hydrogen) atoms. The van der Waals surface area contributed by atoms with Crippen LogP contribution >= 0.6 is 11.8 Å². The molecule has 1 saturated heterocycles. The Morgan fingerprint density at radius 2 is 2.16 bits per heavy atom. The van der Waals surface area contributed by atoms with Gasteiger partial charge in [-0.3, -0.25) is 4.98 Å². The maximum absolute atomic E-state index is 8.92. The first-order valence-corrected chi connectivity index (χ1v) is 7.20. The van der Waals surface area contributed by atoms with Crippen LogP contribution in [-0.2, 0) is 4.74 Å². The summed E-state index contributed by atoms with van der Waals surface area (Å²) in [6.07, 6.45) is 2.06. The van der Waals surface area contributed by atoms with E-state index in [1.54, 1.807) is 11.8 Å². The van der Waals surface area contributed by atoms with Crippen molar-refractivity contribution in [3.63, 3.8) is 0 Å². The Labute approximate surface area is 117 Å². The number of amidine groups is 1. The van der Waals surface area contributed by atoms with Crippen molar-refractivity contribution in [1.82, 2.24) is 4.98 Å². The Morgan fingerprint density at radius 3 is 2.79 bits per heavy atom. The summed E-state index contributed by atoms with van der Waals surface area (Å²) >= 11 is 1.77. The lowest BCUT2D eigenvalue weighted by Gasteiger charge is -2.23. The highest BCUT2D eigenvalue weighted by molar-refractivity contribution is 8.00. The van der Waals surface area contributed by atoms with Gasteiger partial charge in [0, 0.05) is 34.7 Å². The molecule has 104 valence electrons. The first kappa shape index (κ1) is 14.1. The van der Waals surface area contributed by atoms with Gasteiger partial charge in [-0.25, -0.2) is 0 Å². The number of nitrogens with two attached hydrogens (primary N) is 1. The number of thioether (sulfide) groups is 1. The van der Waals surface area contributed by atoms with E-state index >= 15 is 0 Å². The lowest BCUT2D eigenvalue weighted by molar-refractivity contribution is 0.100. The second-order valence-corrected chi connectivity index (χ2v) is 5.98. The van der Waals surface area contributed by atoms with Crippen molar-refractivity contribution >= 4 is 17.6 Å². The Hall–Kier alpha value is -1.27. The molecular formula is C13H19N3O2S. The quantitative estimate of drug-likeness (QED) is 0.383. The normalized spacial score (nSPS) is 17.7. The van der Waals surface area contributed by atoms with E-state index in [1.165, 1.54) is 0 Å². The number of aryl methyl sites for hydroxylation is 2. The van der Waals surface area contributed by atoms with Crippen LogP contribution in [0.3, 0.4) is 0 Å². The van der Waals surface area contributed by atoms with Crippen molar-refractivity contribution < 1.29 is 9.94 Å². The summed E-state index contributed by atoms with van der Waals surface area (Å²) in [6, 6.07) is 2.00. The second-order valence-electron chi connectivity index (χ2n) is 4.64. The molecule has 1 aromatic rings. The number of pyridine rings is 1. The maximum Gasteiger partial charge on any atom is 0.173 e. The lowest BCUT2D eigenvalue weighted by Crippen LogP contribution is -2.20. The van der Waals surface area contributed by atoms with E-state index in [2.05, 4.69) is 10.1 Å². The summed E-state index contributed by atoms with van der Waals surface area (Å²) in [5, 5.41) is 12.6.